The molecule has 0 aliphatic rings. The zero-order chi connectivity index (χ0) is 11.6. The summed E-state index contributed by atoms with van der Waals surface area (Å²) in [6.45, 7) is 7.44. The Morgan fingerprint density at radius 1 is 0.800 bits per heavy atom. The molecule has 0 rings (SSSR count). The molecule has 0 bridgehead atoms. The Morgan fingerprint density at radius 2 is 1.33 bits per heavy atom. The minimum absolute atomic E-state index is 0.798. The lowest BCUT2D eigenvalue weighted by atomic mass is 10.1. The molecular formula is C13H29ISi. The van der Waals surface area contributed by atoms with Crippen LogP contribution in [-0.2, 0) is 0 Å². The average molecular weight is 340 g/mol. The maximum atomic E-state index is 2.57. The summed E-state index contributed by atoms with van der Waals surface area (Å²) >= 11 is 2.51. The Bertz CT molecular complexity index is 134. The zero-order valence-corrected chi connectivity index (χ0v) is 14.1. The lowest BCUT2D eigenvalue weighted by Crippen LogP contribution is -2.24. The van der Waals surface area contributed by atoms with Gasteiger partial charge in [0, 0.05) is 8.07 Å². The molecule has 15 heavy (non-hydrogen) atoms. The first-order valence-corrected chi connectivity index (χ1v) is 11.6. The summed E-state index contributed by atoms with van der Waals surface area (Å²) < 4.78 is 1.35. The monoisotopic (exact) mass is 340 g/mol. The average Bonchev–Trinajstić information content (AvgIpc) is 2.20. The summed E-state index contributed by atoms with van der Waals surface area (Å²) in [6.07, 6.45) is 10.2. The van der Waals surface area contributed by atoms with Crippen molar-refractivity contribution in [2.45, 2.75) is 77.1 Å². The van der Waals surface area contributed by atoms with E-state index >= 15 is 0 Å². The molecule has 0 atom stereocenters. The molecule has 0 amide bonds. The van der Waals surface area contributed by atoms with Gasteiger partial charge in [-0.15, -0.1) is 0 Å². The first kappa shape index (κ1) is 15.9. The highest BCUT2D eigenvalue weighted by molar-refractivity contribution is 14.1. The van der Waals surface area contributed by atoms with Gasteiger partial charge in [-0.25, -0.2) is 0 Å². The van der Waals surface area contributed by atoms with Crippen LogP contribution in [0.4, 0.5) is 0 Å². The summed E-state index contributed by atoms with van der Waals surface area (Å²) in [5.74, 6) is 0. The van der Waals surface area contributed by atoms with Crippen LogP contribution in [0.2, 0.25) is 25.2 Å². The number of hydrogen-bond acceptors (Lipinski definition) is 0. The fourth-order valence-corrected chi connectivity index (χ4v) is 5.75. The highest BCUT2D eigenvalue weighted by atomic mass is 127. The van der Waals surface area contributed by atoms with Crippen molar-refractivity contribution in [3.8, 4) is 0 Å². The minimum Gasteiger partial charge on any atom is -0.0864 e. The van der Waals surface area contributed by atoms with Crippen molar-refractivity contribution in [3.63, 3.8) is 0 Å². The Hall–Kier alpha value is 0.947. The Kier molecular flexibility index (Phi) is 10.8. The van der Waals surface area contributed by atoms with Crippen LogP contribution < -0.4 is 0 Å². The summed E-state index contributed by atoms with van der Waals surface area (Å²) in [6, 6.07) is 3.11. The highest BCUT2D eigenvalue weighted by Crippen LogP contribution is 2.22. The van der Waals surface area contributed by atoms with E-state index in [2.05, 4.69) is 42.6 Å². The van der Waals surface area contributed by atoms with Gasteiger partial charge in [-0.05, 0) is 10.8 Å². The van der Waals surface area contributed by atoms with Crippen LogP contribution in [0.15, 0.2) is 0 Å². The van der Waals surface area contributed by atoms with E-state index in [1.807, 2.05) is 0 Å². The number of hydrogen-bond donors (Lipinski definition) is 0. The third kappa shape index (κ3) is 11.2. The summed E-state index contributed by atoms with van der Waals surface area (Å²) in [4.78, 5) is 0. The molecule has 0 aromatic rings. The number of alkyl halides is 1. The van der Waals surface area contributed by atoms with Crippen molar-refractivity contribution in [2.24, 2.45) is 0 Å². The van der Waals surface area contributed by atoms with Crippen LogP contribution in [0.3, 0.4) is 0 Å². The third-order valence-corrected chi connectivity index (χ3v) is 7.37. The summed E-state index contributed by atoms with van der Waals surface area (Å²) in [7, 11) is -0.798. The van der Waals surface area contributed by atoms with Gasteiger partial charge in [0.05, 0.1) is 0 Å². The minimum atomic E-state index is -0.798. The lowest BCUT2D eigenvalue weighted by molar-refractivity contribution is 0.622. The maximum Gasteiger partial charge on any atom is 0.0474 e. The second kappa shape index (κ2) is 10.1. The van der Waals surface area contributed by atoms with Crippen molar-refractivity contribution in [1.82, 2.24) is 0 Å². The molecule has 92 valence electrons. The van der Waals surface area contributed by atoms with E-state index in [1.165, 1.54) is 49.4 Å². The number of halogens is 1. The van der Waals surface area contributed by atoms with Crippen molar-refractivity contribution in [1.29, 1.82) is 0 Å². The molecule has 0 nitrogen and oxygen atoms in total. The van der Waals surface area contributed by atoms with Gasteiger partial charge in [0.1, 0.15) is 0 Å². The third-order valence-electron chi connectivity index (χ3n) is 3.19. The van der Waals surface area contributed by atoms with Crippen LogP contribution >= 0.6 is 22.6 Å². The molecule has 0 aliphatic heterocycles. The second-order valence-electron chi connectivity index (χ2n) is 5.47. The van der Waals surface area contributed by atoms with E-state index in [-0.39, 0.29) is 0 Å². The largest absolute Gasteiger partial charge is 0.0864 e. The lowest BCUT2D eigenvalue weighted by Gasteiger charge is -2.21. The molecule has 0 heterocycles. The SMILES string of the molecule is CCCCCCCC[Si](C)(C)CCCI. The molecule has 0 saturated carbocycles. The molecule has 0 aliphatic carbocycles. The van der Waals surface area contributed by atoms with E-state index in [9.17, 15) is 0 Å². The highest BCUT2D eigenvalue weighted by Gasteiger charge is 2.18. The van der Waals surface area contributed by atoms with Crippen molar-refractivity contribution >= 4 is 30.7 Å². The van der Waals surface area contributed by atoms with Gasteiger partial charge in [0.25, 0.3) is 0 Å². The predicted molar refractivity (Wildman–Crippen MR) is 84.0 cm³/mol. The maximum absolute atomic E-state index is 2.57. The standard InChI is InChI=1S/C13H29ISi/c1-4-5-6-7-8-9-12-15(2,3)13-10-11-14/h4-13H2,1-3H3. The molecule has 0 N–H and O–H groups in total. The summed E-state index contributed by atoms with van der Waals surface area (Å²) in [5, 5.41) is 0. The summed E-state index contributed by atoms with van der Waals surface area (Å²) in [5.41, 5.74) is 0. The van der Waals surface area contributed by atoms with Gasteiger partial charge in [-0.1, -0.05) is 93.2 Å². The van der Waals surface area contributed by atoms with Crippen LogP contribution in [0.25, 0.3) is 0 Å². The van der Waals surface area contributed by atoms with Crippen molar-refractivity contribution < 1.29 is 0 Å². The molecule has 0 spiro atoms. The first-order valence-electron chi connectivity index (χ1n) is 6.68. The predicted octanol–water partition coefficient (Wildman–Crippen LogP) is 5.88. The van der Waals surface area contributed by atoms with Crippen molar-refractivity contribution in [2.75, 3.05) is 4.43 Å². The molecule has 0 fully saturated rings. The smallest absolute Gasteiger partial charge is 0.0474 e. The number of unbranched alkanes of at least 4 members (excludes halogenated alkanes) is 5. The van der Waals surface area contributed by atoms with Crippen LogP contribution in [0.1, 0.15) is 51.9 Å². The van der Waals surface area contributed by atoms with Crippen LogP contribution in [-0.4, -0.2) is 12.5 Å². The van der Waals surface area contributed by atoms with Gasteiger partial charge in [-0.3, -0.25) is 0 Å². The van der Waals surface area contributed by atoms with Gasteiger partial charge >= 0.3 is 0 Å². The molecular weight excluding hydrogens is 311 g/mol. The Morgan fingerprint density at radius 3 is 1.93 bits per heavy atom. The Balaban J connectivity index is 3.32. The normalized spacial score (nSPS) is 12.0. The molecule has 0 aromatic heterocycles. The van der Waals surface area contributed by atoms with E-state index < -0.39 is 8.07 Å². The Labute approximate surface area is 112 Å². The molecule has 0 saturated heterocycles. The second-order valence-corrected chi connectivity index (χ2v) is 11.9. The van der Waals surface area contributed by atoms with E-state index in [0.29, 0.717) is 0 Å². The van der Waals surface area contributed by atoms with E-state index in [4.69, 9.17) is 0 Å². The van der Waals surface area contributed by atoms with Crippen LogP contribution in [0.5, 0.6) is 0 Å². The topological polar surface area (TPSA) is 0 Å². The zero-order valence-electron chi connectivity index (χ0n) is 10.9. The molecule has 2 heteroatoms. The van der Waals surface area contributed by atoms with Gasteiger partial charge in [0.15, 0.2) is 0 Å². The first-order chi connectivity index (χ1) is 7.12. The van der Waals surface area contributed by atoms with Gasteiger partial charge in [0.2, 0.25) is 0 Å². The number of rotatable bonds is 10. The van der Waals surface area contributed by atoms with Crippen molar-refractivity contribution in [3.05, 3.63) is 0 Å². The van der Waals surface area contributed by atoms with Gasteiger partial charge < -0.3 is 0 Å². The fourth-order valence-electron chi connectivity index (χ4n) is 2.05. The fraction of sp³-hybridized carbons (Fsp3) is 1.00. The van der Waals surface area contributed by atoms with E-state index in [0.717, 1.165) is 0 Å². The van der Waals surface area contributed by atoms with Gasteiger partial charge in [-0.2, -0.15) is 0 Å². The molecule has 0 aromatic carbocycles. The van der Waals surface area contributed by atoms with E-state index in [1.54, 1.807) is 12.1 Å². The van der Waals surface area contributed by atoms with Crippen LogP contribution in [0, 0.1) is 0 Å². The molecule has 0 radical (unpaired) electrons. The quantitative estimate of drug-likeness (QED) is 0.202. The molecule has 0 unspecified atom stereocenters.